The molecule has 0 bridgehead atoms. The Morgan fingerprint density at radius 2 is 2.56 bits per heavy atom. The number of hydrogen-bond acceptors (Lipinski definition) is 3. The molecule has 0 fully saturated rings. The third-order valence-corrected chi connectivity index (χ3v) is 0.558. The first-order valence-corrected chi connectivity index (χ1v) is 2.29. The lowest BCUT2D eigenvalue weighted by atomic mass is 11.0. The number of hydrazone groups is 1. The zero-order valence-corrected chi connectivity index (χ0v) is 5.18. The van der Waals surface area contributed by atoms with E-state index in [-0.39, 0.29) is 6.73 Å². The lowest BCUT2D eigenvalue weighted by molar-refractivity contribution is 0.172. The van der Waals surface area contributed by atoms with E-state index in [9.17, 15) is 4.79 Å². The molecule has 0 unspecified atom stereocenters. The molecular weight excluding hydrogens is 122 g/mol. The van der Waals surface area contributed by atoms with Gasteiger partial charge in [0.1, 0.15) is 6.73 Å². The minimum atomic E-state index is -0.424. The van der Waals surface area contributed by atoms with Crippen LogP contribution in [0.4, 0.5) is 4.79 Å². The van der Waals surface area contributed by atoms with Gasteiger partial charge in [-0.25, -0.2) is 10.2 Å². The van der Waals surface area contributed by atoms with Crippen molar-refractivity contribution in [1.29, 1.82) is 0 Å². The predicted octanol–water partition coefficient (Wildman–Crippen LogP) is -0.495. The average molecular weight is 131 g/mol. The van der Waals surface area contributed by atoms with Gasteiger partial charge in [0, 0.05) is 13.8 Å². The Balaban J connectivity index is 3.16. The van der Waals surface area contributed by atoms with Crippen LogP contribution < -0.4 is 10.7 Å². The van der Waals surface area contributed by atoms with Gasteiger partial charge in [0.2, 0.25) is 0 Å². The van der Waals surface area contributed by atoms with Crippen molar-refractivity contribution in [2.24, 2.45) is 5.10 Å². The Morgan fingerprint density at radius 1 is 1.89 bits per heavy atom. The minimum absolute atomic E-state index is 0.168. The fraction of sp³-hybridized carbons (Fsp3) is 0.500. The van der Waals surface area contributed by atoms with E-state index in [1.807, 2.05) is 0 Å². The second-order valence-corrected chi connectivity index (χ2v) is 1.21. The highest BCUT2D eigenvalue weighted by Crippen LogP contribution is 1.63. The zero-order chi connectivity index (χ0) is 7.11. The van der Waals surface area contributed by atoms with Crippen LogP contribution in [0.5, 0.6) is 0 Å². The lowest BCUT2D eigenvalue weighted by Crippen LogP contribution is -2.33. The van der Waals surface area contributed by atoms with Gasteiger partial charge in [-0.3, -0.25) is 0 Å². The normalized spacial score (nSPS) is 8.11. The third kappa shape index (κ3) is 4.76. The molecule has 5 nitrogen and oxygen atoms in total. The average Bonchev–Trinajstić information content (AvgIpc) is 1.85. The number of urea groups is 1. The topological polar surface area (TPSA) is 62.7 Å². The summed E-state index contributed by atoms with van der Waals surface area (Å²) in [6.07, 6.45) is 0. The number of hydrogen-bond donors (Lipinski definition) is 2. The summed E-state index contributed by atoms with van der Waals surface area (Å²) in [5.41, 5.74) is 2.06. The Morgan fingerprint density at radius 3 is 3.00 bits per heavy atom. The highest BCUT2D eigenvalue weighted by atomic mass is 16.5. The molecule has 0 radical (unpaired) electrons. The minimum Gasteiger partial charge on any atom is -0.364 e. The summed E-state index contributed by atoms with van der Waals surface area (Å²) < 4.78 is 4.52. The number of rotatable bonds is 3. The second-order valence-electron chi connectivity index (χ2n) is 1.21. The smallest absolute Gasteiger partial charge is 0.336 e. The Labute approximate surface area is 53.1 Å². The molecule has 0 saturated carbocycles. The third-order valence-electron chi connectivity index (χ3n) is 0.558. The SMILES string of the molecule is C=NNC(=O)NCOC. The Kier molecular flexibility index (Phi) is 4.43. The van der Waals surface area contributed by atoms with Gasteiger partial charge in [0.05, 0.1) is 0 Å². The first-order chi connectivity index (χ1) is 4.31. The van der Waals surface area contributed by atoms with Crippen LogP contribution >= 0.6 is 0 Å². The van der Waals surface area contributed by atoms with E-state index in [1.54, 1.807) is 0 Å². The number of carbonyl (C=O) groups is 1. The first kappa shape index (κ1) is 7.90. The summed E-state index contributed by atoms with van der Waals surface area (Å²) in [4.78, 5) is 10.4. The number of ether oxygens (including phenoxy) is 1. The molecular formula is C4H9N3O2. The molecule has 0 saturated heterocycles. The summed E-state index contributed by atoms with van der Waals surface area (Å²) in [7, 11) is 1.47. The van der Waals surface area contributed by atoms with Crippen LogP contribution in [-0.4, -0.2) is 26.6 Å². The van der Waals surface area contributed by atoms with Crippen molar-refractivity contribution < 1.29 is 9.53 Å². The molecule has 0 aromatic rings. The molecule has 0 atom stereocenters. The molecule has 0 spiro atoms. The van der Waals surface area contributed by atoms with Crippen LogP contribution in [0.2, 0.25) is 0 Å². The summed E-state index contributed by atoms with van der Waals surface area (Å²) in [5, 5.41) is 5.45. The van der Waals surface area contributed by atoms with E-state index in [1.165, 1.54) is 7.11 Å². The van der Waals surface area contributed by atoms with Crippen LogP contribution in [0.25, 0.3) is 0 Å². The molecule has 0 heterocycles. The van der Waals surface area contributed by atoms with Gasteiger partial charge in [0.25, 0.3) is 0 Å². The van der Waals surface area contributed by atoms with Crippen molar-refractivity contribution in [3.63, 3.8) is 0 Å². The fourth-order valence-corrected chi connectivity index (χ4v) is 0.249. The van der Waals surface area contributed by atoms with Crippen molar-refractivity contribution in [3.8, 4) is 0 Å². The van der Waals surface area contributed by atoms with Crippen LogP contribution in [0, 0.1) is 0 Å². The Bertz CT molecular complexity index is 104. The van der Waals surface area contributed by atoms with Crippen LogP contribution in [-0.2, 0) is 4.74 Å². The van der Waals surface area contributed by atoms with Gasteiger partial charge in [-0.1, -0.05) is 0 Å². The molecule has 2 amide bonds. The van der Waals surface area contributed by atoms with E-state index in [0.717, 1.165) is 0 Å². The molecule has 2 N–H and O–H groups in total. The monoisotopic (exact) mass is 131 g/mol. The molecule has 0 aliphatic carbocycles. The Hall–Kier alpha value is -1.10. The summed E-state index contributed by atoms with van der Waals surface area (Å²) >= 11 is 0. The summed E-state index contributed by atoms with van der Waals surface area (Å²) in [5.74, 6) is 0. The van der Waals surface area contributed by atoms with Crippen LogP contribution in [0.3, 0.4) is 0 Å². The highest BCUT2D eigenvalue weighted by molar-refractivity contribution is 5.73. The van der Waals surface area contributed by atoms with Gasteiger partial charge >= 0.3 is 6.03 Å². The lowest BCUT2D eigenvalue weighted by Gasteiger charge is -1.99. The molecule has 52 valence electrons. The highest BCUT2D eigenvalue weighted by Gasteiger charge is 1.91. The van der Waals surface area contributed by atoms with E-state index in [4.69, 9.17) is 0 Å². The molecule has 0 aliphatic rings. The van der Waals surface area contributed by atoms with E-state index >= 15 is 0 Å². The van der Waals surface area contributed by atoms with E-state index in [0.29, 0.717) is 0 Å². The largest absolute Gasteiger partial charge is 0.364 e. The van der Waals surface area contributed by atoms with Gasteiger partial charge < -0.3 is 10.1 Å². The number of carbonyl (C=O) groups excluding carboxylic acids is 1. The van der Waals surface area contributed by atoms with Crippen LogP contribution in [0.15, 0.2) is 5.10 Å². The van der Waals surface area contributed by atoms with E-state index in [2.05, 4.69) is 27.3 Å². The first-order valence-electron chi connectivity index (χ1n) is 2.29. The maximum Gasteiger partial charge on any atom is 0.336 e. The quantitative estimate of drug-likeness (QED) is 0.308. The fourth-order valence-electron chi connectivity index (χ4n) is 0.249. The number of nitrogens with zero attached hydrogens (tertiary/aromatic N) is 1. The number of amides is 2. The van der Waals surface area contributed by atoms with Gasteiger partial charge in [-0.05, 0) is 0 Å². The van der Waals surface area contributed by atoms with Crippen molar-refractivity contribution in [3.05, 3.63) is 0 Å². The van der Waals surface area contributed by atoms with E-state index < -0.39 is 6.03 Å². The maximum atomic E-state index is 10.4. The molecule has 0 aromatic carbocycles. The predicted molar refractivity (Wildman–Crippen MR) is 33.1 cm³/mol. The van der Waals surface area contributed by atoms with Crippen molar-refractivity contribution in [1.82, 2.24) is 10.7 Å². The second kappa shape index (κ2) is 5.04. The van der Waals surface area contributed by atoms with Gasteiger partial charge in [-0.2, -0.15) is 5.10 Å². The molecule has 9 heavy (non-hydrogen) atoms. The molecule has 0 rings (SSSR count). The zero-order valence-electron chi connectivity index (χ0n) is 5.18. The van der Waals surface area contributed by atoms with Gasteiger partial charge in [-0.15, -0.1) is 0 Å². The van der Waals surface area contributed by atoms with Crippen LogP contribution in [0.1, 0.15) is 0 Å². The number of nitrogens with one attached hydrogen (secondary N) is 2. The molecule has 0 aromatic heterocycles. The van der Waals surface area contributed by atoms with Crippen molar-refractivity contribution in [2.45, 2.75) is 0 Å². The maximum absolute atomic E-state index is 10.4. The summed E-state index contributed by atoms with van der Waals surface area (Å²) in [6, 6.07) is -0.424. The van der Waals surface area contributed by atoms with Crippen molar-refractivity contribution >= 4 is 12.7 Å². The molecule has 0 aliphatic heterocycles. The number of methoxy groups -OCH3 is 1. The standard InChI is InChI=1S/C4H9N3O2/c1-5-7-4(8)6-3-9-2/h1,3H2,2H3,(H2,6,7,8). The van der Waals surface area contributed by atoms with Crippen molar-refractivity contribution in [2.75, 3.05) is 13.8 Å². The molecule has 5 heteroatoms. The summed E-state index contributed by atoms with van der Waals surface area (Å²) in [6.45, 7) is 3.21. The van der Waals surface area contributed by atoms with Gasteiger partial charge in [0.15, 0.2) is 0 Å².